The molecule has 0 radical (unpaired) electrons. The third kappa shape index (κ3) is 6.64. The highest BCUT2D eigenvalue weighted by atomic mass is 32.1. The molecule has 0 spiro atoms. The van der Waals surface area contributed by atoms with Crippen molar-refractivity contribution in [2.75, 3.05) is 4.90 Å². The van der Waals surface area contributed by atoms with Crippen molar-refractivity contribution in [1.29, 1.82) is 0 Å². The van der Waals surface area contributed by atoms with Crippen LogP contribution in [0, 0.1) is 0 Å². The van der Waals surface area contributed by atoms with Crippen molar-refractivity contribution >= 4 is 70.8 Å². The summed E-state index contributed by atoms with van der Waals surface area (Å²) in [6.45, 7) is 0. The predicted octanol–water partition coefficient (Wildman–Crippen LogP) is 18.2. The van der Waals surface area contributed by atoms with Gasteiger partial charge in [-0.2, -0.15) is 0 Å². The Bertz CT molecular complexity index is 3550. The van der Waals surface area contributed by atoms with Crippen molar-refractivity contribution in [1.82, 2.24) is 0 Å². The summed E-state index contributed by atoms with van der Waals surface area (Å²) in [5.41, 5.74) is 14.5. The second-order valence-electron chi connectivity index (χ2n) is 16.4. The lowest BCUT2D eigenvalue weighted by molar-refractivity contribution is 1.33. The van der Waals surface area contributed by atoms with Gasteiger partial charge in [0.2, 0.25) is 0 Å². The van der Waals surface area contributed by atoms with E-state index in [4.69, 9.17) is 0 Å². The van der Waals surface area contributed by atoms with E-state index in [1.54, 1.807) is 0 Å². The highest BCUT2D eigenvalue weighted by Crippen LogP contribution is 2.49. The zero-order valence-electron chi connectivity index (χ0n) is 35.0. The minimum atomic E-state index is 1.15. The van der Waals surface area contributed by atoms with Crippen LogP contribution in [0.2, 0.25) is 0 Å². The summed E-state index contributed by atoms with van der Waals surface area (Å²) < 4.78 is 1.27. The zero-order valence-corrected chi connectivity index (χ0v) is 35.8. The summed E-state index contributed by atoms with van der Waals surface area (Å²) in [6.07, 6.45) is 0. The minimum Gasteiger partial charge on any atom is -0.309 e. The molecule has 12 aromatic rings. The van der Waals surface area contributed by atoms with Crippen LogP contribution in [0.25, 0.3) is 97.4 Å². The van der Waals surface area contributed by atoms with Gasteiger partial charge < -0.3 is 4.90 Å². The van der Waals surface area contributed by atoms with Crippen LogP contribution < -0.4 is 4.90 Å². The molecule has 0 bridgehead atoms. The lowest BCUT2D eigenvalue weighted by Crippen LogP contribution is -2.11. The Morgan fingerprint density at radius 1 is 0.266 bits per heavy atom. The van der Waals surface area contributed by atoms with Crippen molar-refractivity contribution in [2.45, 2.75) is 0 Å². The van der Waals surface area contributed by atoms with Crippen molar-refractivity contribution < 1.29 is 0 Å². The Labute approximate surface area is 377 Å². The molecule has 0 aliphatic carbocycles. The van der Waals surface area contributed by atoms with Crippen LogP contribution in [0.1, 0.15) is 0 Å². The van der Waals surface area contributed by atoms with Gasteiger partial charge in [-0.05, 0) is 84.9 Å². The maximum Gasteiger partial charge on any atom is 0.0540 e. The molecule has 1 heterocycles. The first kappa shape index (κ1) is 37.7. The fourth-order valence-corrected chi connectivity index (χ4v) is 10.9. The fraction of sp³-hybridized carbons (Fsp3) is 0. The van der Waals surface area contributed by atoms with Crippen LogP contribution in [0.5, 0.6) is 0 Å². The van der Waals surface area contributed by atoms with Gasteiger partial charge in [0.15, 0.2) is 0 Å². The second kappa shape index (κ2) is 16.0. The van der Waals surface area contributed by atoms with Gasteiger partial charge in [-0.1, -0.05) is 224 Å². The summed E-state index contributed by atoms with van der Waals surface area (Å²) in [4.78, 5) is 3.75. The third-order valence-corrected chi connectivity index (χ3v) is 13.9. The molecule has 2 heteroatoms. The summed E-state index contributed by atoms with van der Waals surface area (Å²) in [5, 5.41) is 8.54. The molecule has 1 aromatic heterocycles. The van der Waals surface area contributed by atoms with Gasteiger partial charge in [0.05, 0.1) is 17.1 Å². The maximum absolute atomic E-state index is 2.48. The quantitative estimate of drug-likeness (QED) is 0.147. The van der Waals surface area contributed by atoms with Crippen LogP contribution in [0.15, 0.2) is 249 Å². The molecular formula is C62H41NS. The van der Waals surface area contributed by atoms with Crippen LogP contribution in [0.3, 0.4) is 0 Å². The molecule has 64 heavy (non-hydrogen) atoms. The van der Waals surface area contributed by atoms with Crippen LogP contribution in [0.4, 0.5) is 17.1 Å². The summed E-state index contributed by atoms with van der Waals surface area (Å²) >= 11 is 1.88. The first-order valence-corrected chi connectivity index (χ1v) is 22.7. The number of hydrogen-bond acceptors (Lipinski definition) is 2. The number of hydrogen-bond donors (Lipinski definition) is 0. The number of anilines is 3. The molecule has 0 saturated carbocycles. The number of rotatable bonds is 8. The Kier molecular flexibility index (Phi) is 9.43. The topological polar surface area (TPSA) is 3.24 Å². The summed E-state index contributed by atoms with van der Waals surface area (Å²) in [6, 6.07) is 90.9. The van der Waals surface area contributed by atoms with Crippen molar-refractivity contribution in [3.05, 3.63) is 249 Å². The third-order valence-electron chi connectivity index (χ3n) is 12.7. The molecule has 0 N–H and O–H groups in total. The molecule has 11 aromatic carbocycles. The van der Waals surface area contributed by atoms with Gasteiger partial charge >= 0.3 is 0 Å². The van der Waals surface area contributed by atoms with Crippen LogP contribution >= 0.6 is 11.3 Å². The predicted molar refractivity (Wildman–Crippen MR) is 276 cm³/mol. The first-order valence-electron chi connectivity index (χ1n) is 21.9. The average Bonchev–Trinajstić information content (AvgIpc) is 3.76. The molecule has 0 fully saturated rings. The van der Waals surface area contributed by atoms with Crippen molar-refractivity contribution in [2.24, 2.45) is 0 Å². The molecular weight excluding hydrogens is 791 g/mol. The van der Waals surface area contributed by atoms with Gasteiger partial charge in [-0.15, -0.1) is 11.3 Å². The van der Waals surface area contributed by atoms with Gasteiger partial charge in [0.25, 0.3) is 0 Å². The fourth-order valence-electron chi connectivity index (χ4n) is 9.58. The molecule has 1 nitrogen and oxygen atoms in total. The molecule has 0 amide bonds. The smallest absolute Gasteiger partial charge is 0.0540 e. The molecule has 0 unspecified atom stereocenters. The molecule has 12 rings (SSSR count). The van der Waals surface area contributed by atoms with Gasteiger partial charge in [0.1, 0.15) is 0 Å². The number of nitrogens with zero attached hydrogens (tertiary/aromatic N) is 1. The lowest BCUT2D eigenvalue weighted by Gasteiger charge is -2.29. The summed E-state index contributed by atoms with van der Waals surface area (Å²) in [5.74, 6) is 0. The summed E-state index contributed by atoms with van der Waals surface area (Å²) in [7, 11) is 0. The van der Waals surface area contributed by atoms with Crippen molar-refractivity contribution in [3.63, 3.8) is 0 Å². The normalized spacial score (nSPS) is 11.4. The van der Waals surface area contributed by atoms with Crippen LogP contribution in [-0.4, -0.2) is 0 Å². The monoisotopic (exact) mass is 831 g/mol. The Hall–Kier alpha value is -8.04. The molecule has 0 aliphatic rings. The van der Waals surface area contributed by atoms with E-state index in [2.05, 4.69) is 254 Å². The van der Waals surface area contributed by atoms with Crippen LogP contribution in [-0.2, 0) is 0 Å². The SMILES string of the molecule is c1ccc(-c2ccc(-c3sc4cc(-c5ccc(N(c6cccc7ccccc67)c6cccc7ccccc67)c6ccccc56)ccc4c3-c3ccc(-c4ccccc4)cc3)cc2)cc1. The maximum atomic E-state index is 2.48. The zero-order chi connectivity index (χ0) is 42.4. The van der Waals surface area contributed by atoms with E-state index >= 15 is 0 Å². The average molecular weight is 832 g/mol. The number of thiophene rings is 1. The first-order chi connectivity index (χ1) is 31.7. The van der Waals surface area contributed by atoms with E-state index in [1.807, 2.05) is 11.3 Å². The highest BCUT2D eigenvalue weighted by molar-refractivity contribution is 7.23. The highest BCUT2D eigenvalue weighted by Gasteiger charge is 2.22. The molecule has 300 valence electrons. The van der Waals surface area contributed by atoms with E-state index in [1.165, 1.54) is 97.4 Å². The van der Waals surface area contributed by atoms with E-state index in [9.17, 15) is 0 Å². The molecule has 0 saturated heterocycles. The molecule has 0 atom stereocenters. The van der Waals surface area contributed by atoms with Gasteiger partial charge in [-0.3, -0.25) is 0 Å². The van der Waals surface area contributed by atoms with Gasteiger partial charge in [0, 0.05) is 36.7 Å². The van der Waals surface area contributed by atoms with E-state index in [0.29, 0.717) is 0 Å². The Balaban J connectivity index is 1.02. The lowest BCUT2D eigenvalue weighted by atomic mass is 9.93. The Morgan fingerprint density at radius 2 is 0.703 bits per heavy atom. The second-order valence-corrected chi connectivity index (χ2v) is 17.5. The number of fused-ring (bicyclic) bond motifs is 4. The van der Waals surface area contributed by atoms with E-state index < -0.39 is 0 Å². The van der Waals surface area contributed by atoms with E-state index in [0.717, 1.165) is 17.1 Å². The minimum absolute atomic E-state index is 1.15. The molecule has 0 aliphatic heterocycles. The largest absolute Gasteiger partial charge is 0.309 e. The van der Waals surface area contributed by atoms with Crippen molar-refractivity contribution in [3.8, 4) is 54.9 Å². The number of benzene rings is 11. The van der Waals surface area contributed by atoms with E-state index in [-0.39, 0.29) is 0 Å². The van der Waals surface area contributed by atoms with Gasteiger partial charge in [-0.25, -0.2) is 0 Å². The Morgan fingerprint density at radius 3 is 1.30 bits per heavy atom. The standard InChI is InChI=1S/C62H41NS/c1-3-15-42(16-4-1)44-29-33-48(34-30-44)61-56-38-37-50(41-60(56)64-62(61)49-35-31-45(32-36-49)43-17-5-2-6-18-43)51-39-40-59(55-26-12-11-25-54(51)55)63(57-27-13-21-46-19-7-9-23-52(46)57)58-28-14-22-47-20-8-10-24-53(47)58/h1-41H.